The number of aliphatic hydroxyl groups is 1. The summed E-state index contributed by atoms with van der Waals surface area (Å²) in [4.78, 5) is 30.0. The highest BCUT2D eigenvalue weighted by atomic mass is 79.9. The van der Waals surface area contributed by atoms with Gasteiger partial charge in [0.2, 0.25) is 0 Å². The summed E-state index contributed by atoms with van der Waals surface area (Å²) in [5.41, 5.74) is 2.65. The molecule has 2 fully saturated rings. The average molecular weight is 499 g/mol. The van der Waals surface area contributed by atoms with Crippen LogP contribution in [-0.4, -0.2) is 66.0 Å². The molecular formula is C25H27BrN2O4. The third kappa shape index (κ3) is 4.65. The van der Waals surface area contributed by atoms with Crippen LogP contribution in [0.25, 0.3) is 5.76 Å². The molecule has 1 amide bonds. The van der Waals surface area contributed by atoms with E-state index in [1.807, 2.05) is 24.3 Å². The maximum atomic E-state index is 13.1. The number of ether oxygens (including phenoxy) is 1. The number of aryl methyl sites for hydroxylation is 1. The Morgan fingerprint density at radius 1 is 1.03 bits per heavy atom. The number of rotatable bonds is 6. The molecule has 2 aromatic rings. The molecule has 0 unspecified atom stereocenters. The Hall–Kier alpha value is -2.48. The van der Waals surface area contributed by atoms with Gasteiger partial charge in [0.15, 0.2) is 0 Å². The Balaban J connectivity index is 1.72. The predicted octanol–water partition coefficient (Wildman–Crippen LogP) is 3.77. The van der Waals surface area contributed by atoms with E-state index in [2.05, 4.69) is 27.8 Å². The molecule has 0 spiro atoms. The highest BCUT2D eigenvalue weighted by Crippen LogP contribution is 2.39. The minimum atomic E-state index is -0.642. The second kappa shape index (κ2) is 9.98. The van der Waals surface area contributed by atoms with Gasteiger partial charge >= 0.3 is 0 Å². The minimum Gasteiger partial charge on any atom is -0.507 e. The molecule has 7 heteroatoms. The number of morpholine rings is 1. The van der Waals surface area contributed by atoms with Crippen LogP contribution >= 0.6 is 15.9 Å². The van der Waals surface area contributed by atoms with Crippen LogP contribution in [0.2, 0.25) is 0 Å². The molecule has 6 nitrogen and oxygen atoms in total. The van der Waals surface area contributed by atoms with Crippen LogP contribution in [0.1, 0.15) is 29.7 Å². The lowest BCUT2D eigenvalue weighted by atomic mass is 9.94. The lowest BCUT2D eigenvalue weighted by Crippen LogP contribution is -2.42. The zero-order valence-corrected chi connectivity index (χ0v) is 19.7. The van der Waals surface area contributed by atoms with Crippen LogP contribution in [0, 0.1) is 0 Å². The van der Waals surface area contributed by atoms with Crippen molar-refractivity contribution in [2.75, 3.05) is 39.4 Å². The highest BCUT2D eigenvalue weighted by Gasteiger charge is 2.46. The Kier molecular flexibility index (Phi) is 7.08. The van der Waals surface area contributed by atoms with Gasteiger partial charge in [-0.25, -0.2) is 0 Å². The number of Topliss-reactive ketones (excluding diaryl/α,β-unsaturated/α-hetero) is 1. The monoisotopic (exact) mass is 498 g/mol. The Morgan fingerprint density at radius 3 is 2.31 bits per heavy atom. The van der Waals surface area contributed by atoms with Gasteiger partial charge in [-0.2, -0.15) is 0 Å². The summed E-state index contributed by atoms with van der Waals surface area (Å²) in [7, 11) is 0. The van der Waals surface area contributed by atoms with E-state index in [0.717, 1.165) is 29.5 Å². The number of nitrogens with zero attached hydrogens (tertiary/aromatic N) is 2. The highest BCUT2D eigenvalue weighted by molar-refractivity contribution is 9.10. The third-order valence-electron chi connectivity index (χ3n) is 6.12. The fourth-order valence-electron chi connectivity index (χ4n) is 4.23. The SMILES string of the molecule is CCc1ccc([C@H]2/C(=C(\O)c3ccc(Br)cc3)C(=O)C(=O)N2CCN2CCOCC2)cc1. The van der Waals surface area contributed by atoms with E-state index in [1.165, 1.54) is 5.56 Å². The van der Waals surface area contributed by atoms with Crippen molar-refractivity contribution in [3.63, 3.8) is 0 Å². The van der Waals surface area contributed by atoms with E-state index in [1.54, 1.807) is 29.2 Å². The number of hydrogen-bond acceptors (Lipinski definition) is 5. The van der Waals surface area contributed by atoms with Gasteiger partial charge in [0.25, 0.3) is 11.7 Å². The molecule has 0 bridgehead atoms. The van der Waals surface area contributed by atoms with Crippen molar-refractivity contribution in [1.29, 1.82) is 0 Å². The maximum Gasteiger partial charge on any atom is 0.295 e. The standard InChI is InChI=1S/C25H27BrN2O4/c1-2-17-3-5-18(6-4-17)22-21(23(29)19-7-9-20(26)10-8-19)24(30)25(31)28(22)12-11-27-13-15-32-16-14-27/h3-10,22,29H,2,11-16H2,1H3/b23-21+/t22-/m0/s1. The van der Waals surface area contributed by atoms with Crippen LogP contribution in [0.5, 0.6) is 0 Å². The van der Waals surface area contributed by atoms with Crippen LogP contribution in [0.3, 0.4) is 0 Å². The summed E-state index contributed by atoms with van der Waals surface area (Å²) in [5.74, 6) is -1.35. The summed E-state index contributed by atoms with van der Waals surface area (Å²) < 4.78 is 6.27. The largest absolute Gasteiger partial charge is 0.507 e. The first-order valence-electron chi connectivity index (χ1n) is 10.9. The number of carbonyl (C=O) groups is 2. The second-order valence-corrected chi connectivity index (χ2v) is 8.96. The van der Waals surface area contributed by atoms with Crippen LogP contribution < -0.4 is 0 Å². The zero-order chi connectivity index (χ0) is 22.7. The normalized spacial score (nSPS) is 21.3. The van der Waals surface area contributed by atoms with E-state index in [9.17, 15) is 14.7 Å². The molecule has 1 atom stereocenters. The molecule has 2 aliphatic heterocycles. The summed E-state index contributed by atoms with van der Waals surface area (Å²) in [6.45, 7) is 6.09. The molecule has 4 rings (SSSR count). The van der Waals surface area contributed by atoms with E-state index >= 15 is 0 Å². The van der Waals surface area contributed by atoms with Crippen LogP contribution in [-0.2, 0) is 20.7 Å². The molecule has 1 N–H and O–H groups in total. The Bertz CT molecular complexity index is 1010. The lowest BCUT2D eigenvalue weighted by Gasteiger charge is -2.31. The predicted molar refractivity (Wildman–Crippen MR) is 126 cm³/mol. The smallest absolute Gasteiger partial charge is 0.295 e. The summed E-state index contributed by atoms with van der Waals surface area (Å²) in [6, 6.07) is 14.4. The fraction of sp³-hybridized carbons (Fsp3) is 0.360. The molecule has 32 heavy (non-hydrogen) atoms. The van der Waals surface area contributed by atoms with Gasteiger partial charge in [0.05, 0.1) is 24.8 Å². The Labute approximate surface area is 196 Å². The molecule has 2 heterocycles. The Morgan fingerprint density at radius 2 is 1.69 bits per heavy atom. The first kappa shape index (κ1) is 22.7. The van der Waals surface area contributed by atoms with E-state index in [0.29, 0.717) is 31.9 Å². The number of halogens is 1. The molecular weight excluding hydrogens is 472 g/mol. The molecule has 2 aliphatic rings. The van der Waals surface area contributed by atoms with Gasteiger partial charge in [-0.1, -0.05) is 59.3 Å². The number of carbonyl (C=O) groups excluding carboxylic acids is 2. The topological polar surface area (TPSA) is 70.1 Å². The van der Waals surface area contributed by atoms with Crippen LogP contribution in [0.4, 0.5) is 0 Å². The van der Waals surface area contributed by atoms with Crippen molar-refractivity contribution >= 4 is 33.4 Å². The van der Waals surface area contributed by atoms with Gasteiger partial charge in [0.1, 0.15) is 5.76 Å². The van der Waals surface area contributed by atoms with Crippen molar-refractivity contribution < 1.29 is 19.4 Å². The van der Waals surface area contributed by atoms with E-state index in [4.69, 9.17) is 4.74 Å². The molecule has 0 aromatic heterocycles. The van der Waals surface area contributed by atoms with Crippen molar-refractivity contribution in [2.24, 2.45) is 0 Å². The van der Waals surface area contributed by atoms with Crippen molar-refractivity contribution in [3.05, 3.63) is 75.3 Å². The fourth-order valence-corrected chi connectivity index (χ4v) is 4.49. The van der Waals surface area contributed by atoms with Gasteiger partial charge in [-0.3, -0.25) is 14.5 Å². The van der Waals surface area contributed by atoms with E-state index in [-0.39, 0.29) is 11.3 Å². The molecule has 0 aliphatic carbocycles. The summed E-state index contributed by atoms with van der Waals surface area (Å²) >= 11 is 3.39. The first-order chi connectivity index (χ1) is 15.5. The molecule has 2 aromatic carbocycles. The minimum absolute atomic E-state index is 0.142. The zero-order valence-electron chi connectivity index (χ0n) is 18.1. The number of amides is 1. The van der Waals surface area contributed by atoms with E-state index < -0.39 is 17.7 Å². The van der Waals surface area contributed by atoms with Crippen LogP contribution in [0.15, 0.2) is 58.6 Å². The average Bonchev–Trinajstić information content (AvgIpc) is 3.08. The van der Waals surface area contributed by atoms with Gasteiger partial charge in [-0.15, -0.1) is 0 Å². The maximum absolute atomic E-state index is 13.1. The first-order valence-corrected chi connectivity index (χ1v) is 11.7. The number of aliphatic hydroxyl groups excluding tert-OH is 1. The van der Waals surface area contributed by atoms with Crippen molar-refractivity contribution in [2.45, 2.75) is 19.4 Å². The number of ketones is 1. The second-order valence-electron chi connectivity index (χ2n) is 8.05. The van der Waals surface area contributed by atoms with Gasteiger partial charge in [0, 0.05) is 36.2 Å². The summed E-state index contributed by atoms with van der Waals surface area (Å²) in [6.07, 6.45) is 0.899. The quantitative estimate of drug-likeness (QED) is 0.373. The van der Waals surface area contributed by atoms with Gasteiger partial charge in [-0.05, 0) is 29.7 Å². The van der Waals surface area contributed by atoms with Gasteiger partial charge < -0.3 is 14.7 Å². The van der Waals surface area contributed by atoms with Crippen molar-refractivity contribution in [1.82, 2.24) is 9.80 Å². The molecule has 0 saturated carbocycles. The third-order valence-corrected chi connectivity index (χ3v) is 6.65. The molecule has 0 radical (unpaired) electrons. The molecule has 2 saturated heterocycles. The van der Waals surface area contributed by atoms with Crippen molar-refractivity contribution in [3.8, 4) is 0 Å². The number of likely N-dealkylation sites (tertiary alicyclic amines) is 1. The number of hydrogen-bond donors (Lipinski definition) is 1. The summed E-state index contributed by atoms with van der Waals surface area (Å²) in [5, 5.41) is 11.1. The number of benzene rings is 2. The molecule has 168 valence electrons. The lowest BCUT2D eigenvalue weighted by molar-refractivity contribution is -0.140.